The summed E-state index contributed by atoms with van der Waals surface area (Å²) in [6.07, 6.45) is 15.1. The van der Waals surface area contributed by atoms with Crippen LogP contribution in [0.15, 0.2) is 30.5 Å². The van der Waals surface area contributed by atoms with Gasteiger partial charge in [-0.3, -0.25) is 9.88 Å². The number of aryl methyl sites for hydroxylation is 1. The van der Waals surface area contributed by atoms with E-state index in [1.165, 1.54) is 44.2 Å². The van der Waals surface area contributed by atoms with Gasteiger partial charge in [-0.05, 0) is 130 Å². The molecule has 3 aliphatic heterocycles. The molecular weight excluding hydrogens is 689 g/mol. The number of β-amino-alcohol motifs (C(OH)–C–C–N with tert-alkyl or cyclic N) is 1. The molecule has 3 atom stereocenters. The SMILES string of the molecule is CCc1c(F)ccc2cc(O)cc(-c3ncc4c(N5CCC[C@@](C)(O)C5)nc(OC[C@]56CCC[C@H]5N(C5CCC7(CCOC7)CC5)CCC6)nc4c3F)c12. The molecule has 9 nitrogen and oxygen atoms in total. The lowest BCUT2D eigenvalue weighted by Crippen LogP contribution is -2.56. The number of benzene rings is 2. The molecule has 5 fully saturated rings. The summed E-state index contributed by atoms with van der Waals surface area (Å²) in [5.74, 6) is -0.668. The minimum atomic E-state index is -0.936. The minimum Gasteiger partial charge on any atom is -0.508 e. The molecule has 0 radical (unpaired) electrons. The van der Waals surface area contributed by atoms with Gasteiger partial charge in [-0.25, -0.2) is 8.78 Å². The minimum absolute atomic E-state index is 0.0271. The van der Waals surface area contributed by atoms with E-state index in [0.29, 0.717) is 83.1 Å². The largest absolute Gasteiger partial charge is 0.508 e. The number of likely N-dealkylation sites (tertiary alicyclic amines) is 1. The summed E-state index contributed by atoms with van der Waals surface area (Å²) in [6, 6.07) is 7.10. The van der Waals surface area contributed by atoms with E-state index in [0.717, 1.165) is 58.3 Å². The molecule has 2 aromatic heterocycles. The van der Waals surface area contributed by atoms with Crippen LogP contribution in [0.3, 0.4) is 0 Å². The molecular formula is C43H53F2N5O4. The Labute approximate surface area is 316 Å². The van der Waals surface area contributed by atoms with Gasteiger partial charge in [0.1, 0.15) is 28.6 Å². The molecule has 2 N–H and O–H groups in total. The quantitative estimate of drug-likeness (QED) is 0.195. The Morgan fingerprint density at radius 1 is 0.981 bits per heavy atom. The Morgan fingerprint density at radius 2 is 1.80 bits per heavy atom. The van der Waals surface area contributed by atoms with Gasteiger partial charge >= 0.3 is 6.01 Å². The zero-order chi connectivity index (χ0) is 37.2. The van der Waals surface area contributed by atoms with E-state index in [1.54, 1.807) is 18.3 Å². The highest BCUT2D eigenvalue weighted by Gasteiger charge is 2.51. The van der Waals surface area contributed by atoms with Crippen molar-refractivity contribution in [3.05, 3.63) is 47.7 Å². The van der Waals surface area contributed by atoms with E-state index in [2.05, 4.69) is 9.88 Å². The summed E-state index contributed by atoms with van der Waals surface area (Å²) in [4.78, 5) is 19.1. The van der Waals surface area contributed by atoms with E-state index < -0.39 is 17.2 Å². The molecule has 0 unspecified atom stereocenters. The summed E-state index contributed by atoms with van der Waals surface area (Å²) < 4.78 is 44.7. The summed E-state index contributed by atoms with van der Waals surface area (Å²) in [6.45, 7) is 8.04. The molecule has 5 aliphatic rings. The number of nitrogens with zero attached hydrogens (tertiary/aromatic N) is 5. The average Bonchev–Trinajstić information content (AvgIpc) is 3.81. The summed E-state index contributed by atoms with van der Waals surface area (Å²) in [7, 11) is 0. The Morgan fingerprint density at radius 3 is 2.57 bits per heavy atom. The highest BCUT2D eigenvalue weighted by Crippen LogP contribution is 2.52. The van der Waals surface area contributed by atoms with Crippen molar-refractivity contribution < 1.29 is 28.5 Å². The summed E-state index contributed by atoms with van der Waals surface area (Å²) in [5.41, 5.74) is 0.180. The molecule has 2 aromatic carbocycles. The summed E-state index contributed by atoms with van der Waals surface area (Å²) in [5, 5.41) is 23.3. The van der Waals surface area contributed by atoms with Crippen LogP contribution in [-0.2, 0) is 11.2 Å². The van der Waals surface area contributed by atoms with Gasteiger partial charge in [-0.2, -0.15) is 9.97 Å². The van der Waals surface area contributed by atoms with Crippen LogP contribution in [0.2, 0.25) is 0 Å². The second kappa shape index (κ2) is 13.8. The lowest BCUT2D eigenvalue weighted by molar-refractivity contribution is -0.0405. The Kier molecular flexibility index (Phi) is 9.21. The lowest BCUT2D eigenvalue weighted by atomic mass is 9.69. The van der Waals surface area contributed by atoms with Gasteiger partial charge in [0.2, 0.25) is 0 Å². The Hall–Kier alpha value is -3.67. The van der Waals surface area contributed by atoms with Crippen LogP contribution in [-0.4, -0.2) is 87.2 Å². The molecule has 1 spiro atoms. The molecule has 54 heavy (non-hydrogen) atoms. The van der Waals surface area contributed by atoms with Crippen molar-refractivity contribution in [2.75, 3.05) is 44.4 Å². The molecule has 5 heterocycles. The monoisotopic (exact) mass is 741 g/mol. The second-order valence-corrected chi connectivity index (χ2v) is 17.4. The van der Waals surface area contributed by atoms with E-state index in [9.17, 15) is 10.2 Å². The summed E-state index contributed by atoms with van der Waals surface area (Å²) >= 11 is 0. The maximum Gasteiger partial charge on any atom is 0.319 e. The van der Waals surface area contributed by atoms with Crippen LogP contribution in [0.1, 0.15) is 96.5 Å². The third-order valence-corrected chi connectivity index (χ3v) is 13.9. The van der Waals surface area contributed by atoms with Gasteiger partial charge in [-0.15, -0.1) is 0 Å². The van der Waals surface area contributed by atoms with Crippen LogP contribution in [0.5, 0.6) is 11.8 Å². The van der Waals surface area contributed by atoms with Crippen molar-refractivity contribution in [1.29, 1.82) is 0 Å². The van der Waals surface area contributed by atoms with E-state index >= 15 is 8.78 Å². The first kappa shape index (κ1) is 36.0. The zero-order valence-corrected chi connectivity index (χ0v) is 31.7. The first-order valence-corrected chi connectivity index (χ1v) is 20.3. The van der Waals surface area contributed by atoms with Crippen LogP contribution in [0.4, 0.5) is 14.6 Å². The highest BCUT2D eigenvalue weighted by molar-refractivity contribution is 6.01. The number of fused-ring (bicyclic) bond motifs is 3. The number of pyridine rings is 1. The molecule has 2 saturated carbocycles. The number of hydrogen-bond acceptors (Lipinski definition) is 9. The number of rotatable bonds is 7. The van der Waals surface area contributed by atoms with E-state index in [1.807, 2.05) is 18.7 Å². The predicted octanol–water partition coefficient (Wildman–Crippen LogP) is 8.11. The van der Waals surface area contributed by atoms with E-state index in [-0.39, 0.29) is 28.4 Å². The number of hydrogen-bond donors (Lipinski definition) is 2. The normalized spacial score (nSPS) is 30.4. The molecule has 0 amide bonds. The average molecular weight is 742 g/mol. The van der Waals surface area contributed by atoms with Gasteiger partial charge in [0.15, 0.2) is 5.82 Å². The number of halogens is 2. The molecule has 288 valence electrons. The van der Waals surface area contributed by atoms with Crippen LogP contribution in [0.25, 0.3) is 32.9 Å². The van der Waals surface area contributed by atoms with Crippen molar-refractivity contribution in [1.82, 2.24) is 19.9 Å². The third kappa shape index (κ3) is 6.28. The molecule has 11 heteroatoms. The number of anilines is 1. The Bertz CT molecular complexity index is 2060. The van der Waals surface area contributed by atoms with Crippen LogP contribution in [0, 0.1) is 22.5 Å². The number of aromatic hydroxyl groups is 1. The van der Waals surface area contributed by atoms with Gasteiger partial charge in [0.05, 0.1) is 24.2 Å². The molecule has 3 saturated heterocycles. The fraction of sp³-hybridized carbons (Fsp3) is 0.605. The maximum absolute atomic E-state index is 17.1. The van der Waals surface area contributed by atoms with Crippen molar-refractivity contribution in [3.8, 4) is 23.0 Å². The van der Waals surface area contributed by atoms with Gasteiger partial charge in [-0.1, -0.05) is 19.4 Å². The first-order valence-electron chi connectivity index (χ1n) is 20.3. The highest BCUT2D eigenvalue weighted by atomic mass is 19.1. The molecule has 4 aromatic rings. The standard InChI is InChI=1S/C43H53F2N5O4/c1-3-30-33(44)9-8-27-21-29(51)22-31(35(27)30)37-36(45)38-32(23-46-37)39(49-18-5-12-41(2,52)24-49)48-40(47-38)54-26-43-13-4-7-34(43)50(19-6-14-43)28-10-15-42(16-11-28)17-20-53-25-42/h8-9,21-23,28,34,51-52H,3-7,10-20,24-26H2,1-2H3/t28?,34-,41-,42?,43-/m1/s1. The number of aliphatic hydroxyl groups is 1. The Balaban J connectivity index is 1.08. The van der Waals surface area contributed by atoms with Crippen LogP contribution >= 0.6 is 0 Å². The van der Waals surface area contributed by atoms with Crippen molar-refractivity contribution >= 4 is 27.5 Å². The third-order valence-electron chi connectivity index (χ3n) is 13.9. The van der Waals surface area contributed by atoms with Gasteiger partial charge in [0, 0.05) is 49.0 Å². The maximum atomic E-state index is 17.1. The molecule has 9 rings (SSSR count). The number of aromatic nitrogens is 3. The van der Waals surface area contributed by atoms with Gasteiger partial charge < -0.3 is 24.6 Å². The number of phenolic OH excluding ortho intramolecular Hbond substituents is 1. The van der Waals surface area contributed by atoms with Gasteiger partial charge in [0.25, 0.3) is 0 Å². The fourth-order valence-electron chi connectivity index (χ4n) is 11.1. The predicted molar refractivity (Wildman–Crippen MR) is 205 cm³/mol. The fourth-order valence-corrected chi connectivity index (χ4v) is 11.1. The number of phenols is 1. The van der Waals surface area contributed by atoms with Crippen molar-refractivity contribution in [2.24, 2.45) is 10.8 Å². The number of piperidine rings is 2. The van der Waals surface area contributed by atoms with Crippen molar-refractivity contribution in [3.63, 3.8) is 0 Å². The van der Waals surface area contributed by atoms with Crippen LogP contribution < -0.4 is 9.64 Å². The zero-order valence-electron chi connectivity index (χ0n) is 31.7. The second-order valence-electron chi connectivity index (χ2n) is 17.4. The molecule has 2 aliphatic carbocycles. The topological polar surface area (TPSA) is 104 Å². The van der Waals surface area contributed by atoms with E-state index in [4.69, 9.17) is 19.4 Å². The number of ether oxygens (including phenoxy) is 2. The molecule has 0 bridgehead atoms. The smallest absolute Gasteiger partial charge is 0.319 e. The van der Waals surface area contributed by atoms with Crippen molar-refractivity contribution in [2.45, 2.75) is 115 Å². The first-order chi connectivity index (χ1) is 26.1. The lowest BCUT2D eigenvalue weighted by Gasteiger charge is -2.51.